The first-order valence-corrected chi connectivity index (χ1v) is 8.94. The number of nitrogens with zero attached hydrogens (tertiary/aromatic N) is 2. The Hall–Kier alpha value is -3.51. The summed E-state index contributed by atoms with van der Waals surface area (Å²) in [6.45, 7) is 0. The van der Waals surface area contributed by atoms with E-state index in [0.717, 1.165) is 11.1 Å². The molecule has 0 amide bonds. The second-order valence-corrected chi connectivity index (χ2v) is 6.39. The predicted molar refractivity (Wildman–Crippen MR) is 110 cm³/mol. The van der Waals surface area contributed by atoms with E-state index in [0.29, 0.717) is 24.2 Å². The molecule has 6 nitrogen and oxygen atoms in total. The van der Waals surface area contributed by atoms with E-state index in [1.165, 1.54) is 12.1 Å². The van der Waals surface area contributed by atoms with E-state index in [9.17, 15) is 15.2 Å². The fraction of sp³-hybridized carbons (Fsp3) is 0.136. The van der Waals surface area contributed by atoms with Crippen LogP contribution < -0.4 is 5.43 Å². The van der Waals surface area contributed by atoms with Crippen molar-refractivity contribution in [1.82, 2.24) is 0 Å². The number of non-ortho nitro benzene ring substituents is 1. The highest BCUT2D eigenvalue weighted by Gasteiger charge is 2.15. The molecule has 1 atom stereocenters. The first-order chi connectivity index (χ1) is 13.6. The van der Waals surface area contributed by atoms with Crippen LogP contribution in [0, 0.1) is 10.1 Å². The standard InChI is InChI=1S/C22H21N3O3/c26-22(16-18-9-5-2-6-10-18)21(15-17-7-3-1-4-8-17)24-23-19-11-13-20(14-12-19)25(27)28/h1-14,22-23,26H,15-16H2. The van der Waals surface area contributed by atoms with E-state index in [4.69, 9.17) is 0 Å². The Kier molecular flexibility index (Phi) is 6.49. The van der Waals surface area contributed by atoms with Gasteiger partial charge in [0.15, 0.2) is 0 Å². The Labute approximate surface area is 163 Å². The molecule has 0 radical (unpaired) electrons. The number of aliphatic hydroxyl groups is 1. The third kappa shape index (κ3) is 5.49. The fourth-order valence-electron chi connectivity index (χ4n) is 2.79. The number of anilines is 1. The van der Waals surface area contributed by atoms with Gasteiger partial charge in [0.25, 0.3) is 5.69 Å². The molecule has 3 aromatic carbocycles. The third-order valence-corrected chi connectivity index (χ3v) is 4.29. The van der Waals surface area contributed by atoms with Crippen LogP contribution in [0.3, 0.4) is 0 Å². The van der Waals surface area contributed by atoms with Crippen LogP contribution in [0.5, 0.6) is 0 Å². The van der Waals surface area contributed by atoms with Crippen molar-refractivity contribution in [2.75, 3.05) is 5.43 Å². The zero-order valence-electron chi connectivity index (χ0n) is 15.2. The van der Waals surface area contributed by atoms with Gasteiger partial charge in [-0.3, -0.25) is 15.5 Å². The van der Waals surface area contributed by atoms with Crippen molar-refractivity contribution in [3.05, 3.63) is 106 Å². The normalized spacial score (nSPS) is 12.4. The van der Waals surface area contributed by atoms with Crippen LogP contribution in [0.15, 0.2) is 90.0 Å². The quantitative estimate of drug-likeness (QED) is 0.351. The van der Waals surface area contributed by atoms with Gasteiger partial charge in [0.2, 0.25) is 0 Å². The topological polar surface area (TPSA) is 87.8 Å². The molecule has 0 saturated heterocycles. The number of aliphatic hydroxyl groups excluding tert-OH is 1. The van der Waals surface area contributed by atoms with Crippen LogP contribution in [0.4, 0.5) is 11.4 Å². The summed E-state index contributed by atoms with van der Waals surface area (Å²) in [4.78, 5) is 10.3. The lowest BCUT2D eigenvalue weighted by atomic mass is 9.99. The summed E-state index contributed by atoms with van der Waals surface area (Å²) in [6.07, 6.45) is 0.191. The SMILES string of the molecule is O=[N+]([O-])c1ccc(NN=C(Cc2ccccc2)C(O)Cc2ccccc2)cc1. The van der Waals surface area contributed by atoms with Gasteiger partial charge in [-0.1, -0.05) is 60.7 Å². The lowest BCUT2D eigenvalue weighted by molar-refractivity contribution is -0.384. The summed E-state index contributed by atoms with van der Waals surface area (Å²) in [5, 5.41) is 25.9. The second-order valence-electron chi connectivity index (χ2n) is 6.39. The van der Waals surface area contributed by atoms with Gasteiger partial charge in [0, 0.05) is 25.0 Å². The van der Waals surface area contributed by atoms with Gasteiger partial charge < -0.3 is 5.11 Å². The summed E-state index contributed by atoms with van der Waals surface area (Å²) in [6, 6.07) is 25.5. The van der Waals surface area contributed by atoms with Crippen molar-refractivity contribution >= 4 is 17.1 Å². The van der Waals surface area contributed by atoms with Crippen molar-refractivity contribution in [2.24, 2.45) is 5.10 Å². The molecule has 2 N–H and O–H groups in total. The highest BCUT2D eigenvalue weighted by molar-refractivity contribution is 5.91. The van der Waals surface area contributed by atoms with Gasteiger partial charge >= 0.3 is 0 Å². The maximum atomic E-state index is 10.8. The van der Waals surface area contributed by atoms with E-state index in [2.05, 4.69) is 10.5 Å². The zero-order chi connectivity index (χ0) is 19.8. The summed E-state index contributed by atoms with van der Waals surface area (Å²) in [5.74, 6) is 0. The van der Waals surface area contributed by atoms with Gasteiger partial charge in [-0.05, 0) is 23.3 Å². The number of nitro groups is 1. The molecule has 0 aromatic heterocycles. The van der Waals surface area contributed by atoms with Crippen LogP contribution in [0.25, 0.3) is 0 Å². The van der Waals surface area contributed by atoms with Crippen LogP contribution in [0.1, 0.15) is 11.1 Å². The highest BCUT2D eigenvalue weighted by Crippen LogP contribution is 2.16. The minimum absolute atomic E-state index is 0.0168. The second kappa shape index (κ2) is 9.43. The third-order valence-electron chi connectivity index (χ3n) is 4.29. The lowest BCUT2D eigenvalue weighted by Crippen LogP contribution is -2.26. The average Bonchev–Trinajstić information content (AvgIpc) is 2.73. The van der Waals surface area contributed by atoms with E-state index in [1.807, 2.05) is 60.7 Å². The van der Waals surface area contributed by atoms with Crippen LogP contribution >= 0.6 is 0 Å². The van der Waals surface area contributed by atoms with Crippen molar-refractivity contribution < 1.29 is 10.0 Å². The number of nitrogens with one attached hydrogen (secondary N) is 1. The van der Waals surface area contributed by atoms with E-state index in [1.54, 1.807) is 12.1 Å². The maximum absolute atomic E-state index is 10.8. The van der Waals surface area contributed by atoms with Crippen LogP contribution in [-0.4, -0.2) is 21.8 Å². The highest BCUT2D eigenvalue weighted by atomic mass is 16.6. The van der Waals surface area contributed by atoms with Gasteiger partial charge in [-0.25, -0.2) is 0 Å². The van der Waals surface area contributed by atoms with Gasteiger partial charge in [-0.2, -0.15) is 5.10 Å². The number of hydrogen-bond acceptors (Lipinski definition) is 5. The summed E-state index contributed by atoms with van der Waals surface area (Å²) >= 11 is 0. The Morgan fingerprint density at radius 3 is 2.07 bits per heavy atom. The molecule has 0 aliphatic rings. The zero-order valence-corrected chi connectivity index (χ0v) is 15.2. The first kappa shape index (κ1) is 19.3. The van der Waals surface area contributed by atoms with Crippen LogP contribution in [0.2, 0.25) is 0 Å². The van der Waals surface area contributed by atoms with E-state index >= 15 is 0 Å². The molecular weight excluding hydrogens is 354 g/mol. The molecule has 6 heteroatoms. The minimum Gasteiger partial charge on any atom is -0.387 e. The molecular formula is C22H21N3O3. The molecule has 142 valence electrons. The molecule has 0 saturated carbocycles. The van der Waals surface area contributed by atoms with Crippen LogP contribution in [-0.2, 0) is 12.8 Å². The van der Waals surface area contributed by atoms with Crippen molar-refractivity contribution in [1.29, 1.82) is 0 Å². The summed E-state index contributed by atoms with van der Waals surface area (Å²) in [5.41, 5.74) is 6.19. The number of nitro benzene ring substituents is 1. The summed E-state index contributed by atoms with van der Waals surface area (Å²) in [7, 11) is 0. The van der Waals surface area contributed by atoms with Gasteiger partial charge in [0.1, 0.15) is 0 Å². The molecule has 0 aliphatic carbocycles. The maximum Gasteiger partial charge on any atom is 0.269 e. The first-order valence-electron chi connectivity index (χ1n) is 8.94. The predicted octanol–water partition coefficient (Wildman–Crippen LogP) is 4.21. The molecule has 0 spiro atoms. The molecule has 0 fully saturated rings. The van der Waals surface area contributed by atoms with Gasteiger partial charge in [0.05, 0.1) is 22.4 Å². The molecule has 28 heavy (non-hydrogen) atoms. The Balaban J connectivity index is 1.78. The van der Waals surface area contributed by atoms with E-state index < -0.39 is 11.0 Å². The Morgan fingerprint density at radius 1 is 0.929 bits per heavy atom. The largest absolute Gasteiger partial charge is 0.387 e. The average molecular weight is 375 g/mol. The number of hydrazone groups is 1. The molecule has 3 rings (SSSR count). The molecule has 0 heterocycles. The van der Waals surface area contributed by atoms with Crippen molar-refractivity contribution in [3.8, 4) is 0 Å². The Bertz CT molecular complexity index is 926. The number of benzene rings is 3. The van der Waals surface area contributed by atoms with E-state index in [-0.39, 0.29) is 5.69 Å². The molecule has 0 bridgehead atoms. The molecule has 1 unspecified atom stereocenters. The lowest BCUT2D eigenvalue weighted by Gasteiger charge is -2.15. The monoisotopic (exact) mass is 375 g/mol. The summed E-state index contributed by atoms with van der Waals surface area (Å²) < 4.78 is 0. The van der Waals surface area contributed by atoms with Gasteiger partial charge in [-0.15, -0.1) is 0 Å². The van der Waals surface area contributed by atoms with Crippen molar-refractivity contribution in [2.45, 2.75) is 18.9 Å². The molecule has 0 aliphatic heterocycles. The minimum atomic E-state index is -0.756. The fourth-order valence-corrected chi connectivity index (χ4v) is 2.79. The number of hydrogen-bond donors (Lipinski definition) is 2. The number of rotatable bonds is 8. The smallest absolute Gasteiger partial charge is 0.269 e. The van der Waals surface area contributed by atoms with Crippen molar-refractivity contribution in [3.63, 3.8) is 0 Å². The molecule has 3 aromatic rings. The Morgan fingerprint density at radius 2 is 1.50 bits per heavy atom.